The average Bonchev–Trinajstić information content (AvgIpc) is 2.71. The van der Waals surface area contributed by atoms with Crippen LogP contribution in [0.2, 0.25) is 0 Å². The Labute approximate surface area is 166 Å². The van der Waals surface area contributed by atoms with Crippen molar-refractivity contribution >= 4 is 11.6 Å². The maximum atomic E-state index is 12.1. The number of aryl methyl sites for hydroxylation is 2. The first kappa shape index (κ1) is 19.5. The second-order valence-electron chi connectivity index (χ2n) is 6.71. The van der Waals surface area contributed by atoms with E-state index in [4.69, 9.17) is 9.47 Å². The Hall–Kier alpha value is -3.27. The zero-order chi connectivity index (χ0) is 19.8. The standard InChI is InChI=1S/C24H25NO3/c1-18-8-9-19(2)23(16-18)27-15-14-24(26)25-21-10-12-22(13-11-21)28-17-20-6-4-3-5-7-20/h3-13,16H,14-15,17H2,1-2H3,(H,25,26). The lowest BCUT2D eigenvalue weighted by molar-refractivity contribution is -0.116. The molecule has 0 aromatic heterocycles. The molecule has 1 N–H and O–H groups in total. The molecule has 3 aromatic carbocycles. The minimum Gasteiger partial charge on any atom is -0.493 e. The summed E-state index contributed by atoms with van der Waals surface area (Å²) in [5, 5.41) is 2.88. The first-order valence-corrected chi connectivity index (χ1v) is 9.37. The summed E-state index contributed by atoms with van der Waals surface area (Å²) in [6, 6.07) is 23.4. The molecule has 0 saturated carbocycles. The number of hydrogen-bond acceptors (Lipinski definition) is 3. The van der Waals surface area contributed by atoms with Gasteiger partial charge >= 0.3 is 0 Å². The Morgan fingerprint density at radius 3 is 2.39 bits per heavy atom. The molecular formula is C24H25NO3. The molecule has 28 heavy (non-hydrogen) atoms. The van der Waals surface area contributed by atoms with Crippen LogP contribution in [0.1, 0.15) is 23.1 Å². The van der Waals surface area contributed by atoms with Crippen molar-refractivity contribution in [2.75, 3.05) is 11.9 Å². The van der Waals surface area contributed by atoms with Crippen molar-refractivity contribution in [3.05, 3.63) is 89.5 Å². The van der Waals surface area contributed by atoms with E-state index in [1.54, 1.807) is 0 Å². The van der Waals surface area contributed by atoms with Crippen molar-refractivity contribution < 1.29 is 14.3 Å². The molecule has 0 unspecified atom stereocenters. The minimum atomic E-state index is -0.0803. The molecule has 0 radical (unpaired) electrons. The zero-order valence-electron chi connectivity index (χ0n) is 16.3. The number of nitrogens with one attached hydrogen (secondary N) is 1. The smallest absolute Gasteiger partial charge is 0.227 e. The predicted molar refractivity (Wildman–Crippen MR) is 112 cm³/mol. The molecule has 0 aliphatic heterocycles. The fraction of sp³-hybridized carbons (Fsp3) is 0.208. The highest BCUT2D eigenvalue weighted by atomic mass is 16.5. The van der Waals surface area contributed by atoms with Crippen molar-refractivity contribution in [3.8, 4) is 11.5 Å². The number of benzene rings is 3. The van der Waals surface area contributed by atoms with Crippen LogP contribution in [0.15, 0.2) is 72.8 Å². The Morgan fingerprint density at radius 2 is 1.64 bits per heavy atom. The van der Waals surface area contributed by atoms with Gasteiger partial charge in [0.05, 0.1) is 13.0 Å². The summed E-state index contributed by atoms with van der Waals surface area (Å²) in [4.78, 5) is 12.1. The van der Waals surface area contributed by atoms with Gasteiger partial charge in [-0.25, -0.2) is 0 Å². The van der Waals surface area contributed by atoms with Crippen LogP contribution in [0, 0.1) is 13.8 Å². The second-order valence-corrected chi connectivity index (χ2v) is 6.71. The van der Waals surface area contributed by atoms with Crippen molar-refractivity contribution in [2.24, 2.45) is 0 Å². The normalized spacial score (nSPS) is 10.4. The maximum Gasteiger partial charge on any atom is 0.227 e. The number of carbonyl (C=O) groups is 1. The van der Waals surface area contributed by atoms with Gasteiger partial charge in [-0.2, -0.15) is 0 Å². The molecule has 1 amide bonds. The van der Waals surface area contributed by atoms with Crippen LogP contribution in [0.4, 0.5) is 5.69 Å². The van der Waals surface area contributed by atoms with Crippen LogP contribution in [0.25, 0.3) is 0 Å². The highest BCUT2D eigenvalue weighted by Gasteiger charge is 2.05. The molecule has 0 aliphatic carbocycles. The monoisotopic (exact) mass is 375 g/mol. The number of anilines is 1. The van der Waals surface area contributed by atoms with Gasteiger partial charge in [0.1, 0.15) is 18.1 Å². The number of rotatable bonds is 8. The molecule has 0 fully saturated rings. The Kier molecular flexibility index (Phi) is 6.68. The highest BCUT2D eigenvalue weighted by molar-refractivity contribution is 5.90. The van der Waals surface area contributed by atoms with Gasteiger partial charge in [-0.05, 0) is 60.9 Å². The summed E-state index contributed by atoms with van der Waals surface area (Å²) in [5.41, 5.74) is 4.06. The van der Waals surface area contributed by atoms with Gasteiger partial charge in [0.15, 0.2) is 0 Å². The topological polar surface area (TPSA) is 47.6 Å². The van der Waals surface area contributed by atoms with Gasteiger partial charge in [-0.1, -0.05) is 42.5 Å². The van der Waals surface area contributed by atoms with Crippen LogP contribution in [0.5, 0.6) is 11.5 Å². The highest BCUT2D eigenvalue weighted by Crippen LogP contribution is 2.20. The van der Waals surface area contributed by atoms with E-state index in [9.17, 15) is 4.79 Å². The van der Waals surface area contributed by atoms with Gasteiger partial charge in [0.25, 0.3) is 0 Å². The van der Waals surface area contributed by atoms with Gasteiger partial charge in [-0.15, -0.1) is 0 Å². The van der Waals surface area contributed by atoms with E-state index < -0.39 is 0 Å². The molecule has 3 rings (SSSR count). The molecular weight excluding hydrogens is 350 g/mol. The van der Waals surface area contributed by atoms with E-state index in [1.807, 2.05) is 86.6 Å². The molecule has 4 heteroatoms. The third kappa shape index (κ3) is 5.88. The molecule has 144 valence electrons. The summed E-state index contributed by atoms with van der Waals surface area (Å²) in [5.74, 6) is 1.51. The average molecular weight is 375 g/mol. The number of hydrogen-bond donors (Lipinski definition) is 1. The Bertz CT molecular complexity index is 905. The molecule has 0 bridgehead atoms. The van der Waals surface area contributed by atoms with E-state index in [0.29, 0.717) is 19.6 Å². The maximum absolute atomic E-state index is 12.1. The number of ether oxygens (including phenoxy) is 2. The largest absolute Gasteiger partial charge is 0.493 e. The van der Waals surface area contributed by atoms with Crippen molar-refractivity contribution in [1.82, 2.24) is 0 Å². The lowest BCUT2D eigenvalue weighted by Crippen LogP contribution is -2.15. The van der Waals surface area contributed by atoms with Gasteiger partial charge in [0, 0.05) is 5.69 Å². The predicted octanol–water partition coefficient (Wildman–Crippen LogP) is 5.29. The molecule has 0 atom stereocenters. The van der Waals surface area contributed by atoms with Gasteiger partial charge in [0.2, 0.25) is 5.91 Å². The molecule has 0 spiro atoms. The van der Waals surface area contributed by atoms with Crippen LogP contribution in [-0.4, -0.2) is 12.5 Å². The quantitative estimate of drug-likeness (QED) is 0.582. The molecule has 4 nitrogen and oxygen atoms in total. The lowest BCUT2D eigenvalue weighted by atomic mass is 10.1. The lowest BCUT2D eigenvalue weighted by Gasteiger charge is -2.11. The summed E-state index contributed by atoms with van der Waals surface area (Å²) in [6.45, 7) is 4.87. The molecule has 3 aromatic rings. The van der Waals surface area contributed by atoms with Gasteiger partial charge in [-0.3, -0.25) is 4.79 Å². The fourth-order valence-corrected chi connectivity index (χ4v) is 2.72. The van der Waals surface area contributed by atoms with Crippen LogP contribution in [-0.2, 0) is 11.4 Å². The van der Waals surface area contributed by atoms with Crippen molar-refractivity contribution in [3.63, 3.8) is 0 Å². The van der Waals surface area contributed by atoms with Crippen molar-refractivity contribution in [1.29, 1.82) is 0 Å². The van der Waals surface area contributed by atoms with Crippen LogP contribution in [0.3, 0.4) is 0 Å². The first-order chi connectivity index (χ1) is 13.6. The second kappa shape index (κ2) is 9.60. The Balaban J connectivity index is 1.43. The molecule has 0 saturated heterocycles. The minimum absolute atomic E-state index is 0.0803. The van der Waals surface area contributed by atoms with Crippen molar-refractivity contribution in [2.45, 2.75) is 26.9 Å². The van der Waals surface area contributed by atoms with E-state index in [0.717, 1.165) is 33.9 Å². The summed E-state index contributed by atoms with van der Waals surface area (Å²) in [6.07, 6.45) is 0.291. The van der Waals surface area contributed by atoms with Gasteiger partial charge < -0.3 is 14.8 Å². The summed E-state index contributed by atoms with van der Waals surface area (Å²) >= 11 is 0. The third-order valence-corrected chi connectivity index (χ3v) is 4.32. The molecule has 0 heterocycles. The summed E-state index contributed by atoms with van der Waals surface area (Å²) < 4.78 is 11.5. The van der Waals surface area contributed by atoms with E-state index in [-0.39, 0.29) is 5.91 Å². The van der Waals surface area contributed by atoms with E-state index in [1.165, 1.54) is 0 Å². The van der Waals surface area contributed by atoms with E-state index >= 15 is 0 Å². The van der Waals surface area contributed by atoms with Crippen LogP contribution >= 0.6 is 0 Å². The molecule has 0 aliphatic rings. The Morgan fingerprint density at radius 1 is 0.893 bits per heavy atom. The van der Waals surface area contributed by atoms with E-state index in [2.05, 4.69) is 5.32 Å². The third-order valence-electron chi connectivity index (χ3n) is 4.32. The fourth-order valence-electron chi connectivity index (χ4n) is 2.72. The summed E-state index contributed by atoms with van der Waals surface area (Å²) in [7, 11) is 0. The SMILES string of the molecule is Cc1ccc(C)c(OCCC(=O)Nc2ccc(OCc3ccccc3)cc2)c1. The number of amides is 1. The zero-order valence-corrected chi connectivity index (χ0v) is 16.3. The number of carbonyl (C=O) groups excluding carboxylic acids is 1. The van der Waals surface area contributed by atoms with Crippen LogP contribution < -0.4 is 14.8 Å². The first-order valence-electron chi connectivity index (χ1n) is 9.37.